The van der Waals surface area contributed by atoms with E-state index < -0.39 is 0 Å². The van der Waals surface area contributed by atoms with Crippen LogP contribution in [-0.2, 0) is 0 Å². The van der Waals surface area contributed by atoms with E-state index in [9.17, 15) is 0 Å². The van der Waals surface area contributed by atoms with Crippen LogP contribution in [-0.4, -0.2) is 6.54 Å². The summed E-state index contributed by atoms with van der Waals surface area (Å²) in [6, 6.07) is 8.32. The highest BCUT2D eigenvalue weighted by Crippen LogP contribution is 2.35. The summed E-state index contributed by atoms with van der Waals surface area (Å²) in [5.74, 6) is 0.381. The Balaban J connectivity index is 2.45. The first-order valence-corrected chi connectivity index (χ1v) is 5.69. The summed E-state index contributed by atoms with van der Waals surface area (Å²) in [4.78, 5) is 0. The van der Waals surface area contributed by atoms with Crippen LogP contribution < -0.4 is 5.73 Å². The molecule has 0 aliphatic carbocycles. The topological polar surface area (TPSA) is 39.2 Å². The number of benzene rings is 1. The zero-order valence-electron chi connectivity index (χ0n) is 10.2. The molecular formula is C14H19NO. The van der Waals surface area contributed by atoms with E-state index >= 15 is 0 Å². The lowest BCUT2D eigenvalue weighted by Crippen LogP contribution is -2.25. The Morgan fingerprint density at radius 3 is 2.62 bits per heavy atom. The predicted octanol–water partition coefficient (Wildman–Crippen LogP) is 3.52. The monoisotopic (exact) mass is 217 g/mol. The average molecular weight is 217 g/mol. The van der Waals surface area contributed by atoms with Gasteiger partial charge >= 0.3 is 0 Å². The number of furan rings is 1. The highest BCUT2D eigenvalue weighted by Gasteiger charge is 2.24. The molecule has 1 atom stereocenters. The minimum absolute atomic E-state index is 0.187. The predicted molar refractivity (Wildman–Crippen MR) is 67.5 cm³/mol. The van der Waals surface area contributed by atoms with Crippen molar-refractivity contribution in [2.24, 2.45) is 11.1 Å². The van der Waals surface area contributed by atoms with Gasteiger partial charge in [-0.1, -0.05) is 26.8 Å². The third-order valence-electron chi connectivity index (χ3n) is 3.16. The molecule has 2 rings (SSSR count). The molecule has 0 bridgehead atoms. The van der Waals surface area contributed by atoms with Gasteiger partial charge in [0.2, 0.25) is 0 Å². The van der Waals surface area contributed by atoms with E-state index in [2.05, 4.69) is 32.9 Å². The van der Waals surface area contributed by atoms with Gasteiger partial charge in [0.05, 0.1) is 6.26 Å². The summed E-state index contributed by atoms with van der Waals surface area (Å²) in [6.45, 7) is 7.35. The maximum atomic E-state index is 5.89. The van der Waals surface area contributed by atoms with Gasteiger partial charge in [-0.05, 0) is 35.7 Å². The Labute approximate surface area is 96.4 Å². The smallest absolute Gasteiger partial charge is 0.133 e. The Morgan fingerprint density at radius 1 is 1.25 bits per heavy atom. The Kier molecular flexibility index (Phi) is 2.76. The number of nitrogens with two attached hydrogens (primary N) is 1. The van der Waals surface area contributed by atoms with Crippen LogP contribution in [0.1, 0.15) is 32.3 Å². The second-order valence-corrected chi connectivity index (χ2v) is 5.37. The fourth-order valence-electron chi connectivity index (χ4n) is 2.19. The van der Waals surface area contributed by atoms with Gasteiger partial charge in [-0.15, -0.1) is 0 Å². The molecule has 0 radical (unpaired) electrons. The molecule has 16 heavy (non-hydrogen) atoms. The zero-order valence-corrected chi connectivity index (χ0v) is 10.2. The number of fused-ring (bicyclic) bond motifs is 1. The summed E-state index contributed by atoms with van der Waals surface area (Å²) in [5.41, 5.74) is 8.31. The maximum Gasteiger partial charge on any atom is 0.133 e. The van der Waals surface area contributed by atoms with Crippen molar-refractivity contribution >= 4 is 11.0 Å². The Morgan fingerprint density at radius 2 is 2.00 bits per heavy atom. The van der Waals surface area contributed by atoms with E-state index in [4.69, 9.17) is 10.2 Å². The molecule has 0 spiro atoms. The van der Waals surface area contributed by atoms with Crippen molar-refractivity contribution in [3.05, 3.63) is 36.1 Å². The van der Waals surface area contributed by atoms with Gasteiger partial charge in [0.15, 0.2) is 0 Å². The van der Waals surface area contributed by atoms with Crippen LogP contribution in [0, 0.1) is 5.41 Å². The van der Waals surface area contributed by atoms with E-state index in [1.54, 1.807) is 6.26 Å². The van der Waals surface area contributed by atoms with Gasteiger partial charge in [0.1, 0.15) is 5.58 Å². The van der Waals surface area contributed by atoms with Crippen molar-refractivity contribution in [2.45, 2.75) is 26.7 Å². The normalized spacial score (nSPS) is 14.2. The van der Waals surface area contributed by atoms with Crippen molar-refractivity contribution in [2.75, 3.05) is 6.54 Å². The van der Waals surface area contributed by atoms with Gasteiger partial charge < -0.3 is 10.2 Å². The van der Waals surface area contributed by atoms with Crippen molar-refractivity contribution in [3.63, 3.8) is 0 Å². The summed E-state index contributed by atoms with van der Waals surface area (Å²) in [5, 5.41) is 1.15. The number of hydrogen-bond acceptors (Lipinski definition) is 2. The second-order valence-electron chi connectivity index (χ2n) is 5.37. The van der Waals surface area contributed by atoms with Crippen LogP contribution in [0.5, 0.6) is 0 Å². The second kappa shape index (κ2) is 3.95. The third-order valence-corrected chi connectivity index (χ3v) is 3.16. The fraction of sp³-hybridized carbons (Fsp3) is 0.429. The molecule has 1 aromatic carbocycles. The van der Waals surface area contributed by atoms with Gasteiger partial charge in [-0.2, -0.15) is 0 Å². The number of hydrogen-bond donors (Lipinski definition) is 1. The summed E-state index contributed by atoms with van der Waals surface area (Å²) >= 11 is 0. The molecule has 0 aliphatic rings. The highest BCUT2D eigenvalue weighted by molar-refractivity contribution is 5.77. The first kappa shape index (κ1) is 11.2. The first-order chi connectivity index (χ1) is 7.52. The van der Waals surface area contributed by atoms with Gasteiger partial charge in [-0.3, -0.25) is 0 Å². The van der Waals surface area contributed by atoms with E-state index in [0.717, 1.165) is 11.0 Å². The largest absolute Gasteiger partial charge is 0.464 e. The molecule has 0 amide bonds. The van der Waals surface area contributed by atoms with Gasteiger partial charge in [-0.25, -0.2) is 0 Å². The minimum atomic E-state index is 0.187. The van der Waals surface area contributed by atoms with E-state index in [-0.39, 0.29) is 5.41 Å². The summed E-state index contributed by atoms with van der Waals surface area (Å²) in [6.07, 6.45) is 1.73. The molecule has 1 unspecified atom stereocenters. The standard InChI is InChI=1S/C14H19NO/c1-14(2,3)12(9-15)10-4-5-13-11(8-10)6-7-16-13/h4-8,12H,9,15H2,1-3H3. The molecule has 0 saturated heterocycles. The lowest BCUT2D eigenvalue weighted by atomic mass is 9.76. The van der Waals surface area contributed by atoms with Crippen molar-refractivity contribution in [3.8, 4) is 0 Å². The molecule has 2 heteroatoms. The average Bonchev–Trinajstić information content (AvgIpc) is 2.63. The molecule has 2 N–H and O–H groups in total. The Bertz CT molecular complexity index is 479. The Hall–Kier alpha value is -1.28. The maximum absolute atomic E-state index is 5.89. The molecule has 1 heterocycles. The van der Waals surface area contributed by atoms with Crippen molar-refractivity contribution in [1.82, 2.24) is 0 Å². The van der Waals surface area contributed by atoms with E-state index in [1.165, 1.54) is 5.56 Å². The molecule has 2 nitrogen and oxygen atoms in total. The van der Waals surface area contributed by atoms with Crippen molar-refractivity contribution in [1.29, 1.82) is 0 Å². The highest BCUT2D eigenvalue weighted by atomic mass is 16.3. The molecular weight excluding hydrogens is 198 g/mol. The quantitative estimate of drug-likeness (QED) is 0.836. The lowest BCUT2D eigenvalue weighted by Gasteiger charge is -2.30. The van der Waals surface area contributed by atoms with Crippen LogP contribution in [0.3, 0.4) is 0 Å². The van der Waals surface area contributed by atoms with Crippen LogP contribution >= 0.6 is 0 Å². The molecule has 0 saturated carbocycles. The minimum Gasteiger partial charge on any atom is -0.464 e. The number of rotatable bonds is 2. The van der Waals surface area contributed by atoms with Gasteiger partial charge in [0.25, 0.3) is 0 Å². The molecule has 1 aromatic heterocycles. The molecule has 0 fully saturated rings. The zero-order chi connectivity index (χ0) is 11.8. The van der Waals surface area contributed by atoms with Crippen molar-refractivity contribution < 1.29 is 4.42 Å². The van der Waals surface area contributed by atoms with Gasteiger partial charge in [0, 0.05) is 11.3 Å². The summed E-state index contributed by atoms with van der Waals surface area (Å²) in [7, 11) is 0. The third kappa shape index (κ3) is 1.98. The molecule has 0 aliphatic heterocycles. The lowest BCUT2D eigenvalue weighted by molar-refractivity contribution is 0.326. The SMILES string of the molecule is CC(C)(C)C(CN)c1ccc2occc2c1. The van der Waals surface area contributed by atoms with Crippen LogP contribution in [0.25, 0.3) is 11.0 Å². The summed E-state index contributed by atoms with van der Waals surface area (Å²) < 4.78 is 5.34. The molecule has 86 valence electrons. The van der Waals surface area contributed by atoms with Crippen LogP contribution in [0.2, 0.25) is 0 Å². The fourth-order valence-corrected chi connectivity index (χ4v) is 2.19. The van der Waals surface area contributed by atoms with E-state index in [1.807, 2.05) is 12.1 Å². The van der Waals surface area contributed by atoms with Crippen LogP contribution in [0.15, 0.2) is 34.9 Å². The van der Waals surface area contributed by atoms with Crippen LogP contribution in [0.4, 0.5) is 0 Å². The first-order valence-electron chi connectivity index (χ1n) is 5.69. The molecule has 2 aromatic rings. The van der Waals surface area contributed by atoms with E-state index in [0.29, 0.717) is 12.5 Å².